The van der Waals surface area contributed by atoms with Crippen molar-refractivity contribution in [3.8, 4) is 16.9 Å². The summed E-state index contributed by atoms with van der Waals surface area (Å²) in [6.45, 7) is 2.39. The minimum absolute atomic E-state index is 0.0894. The molecule has 9 nitrogen and oxygen atoms in total. The first-order valence-electron chi connectivity index (χ1n) is 13.2. The molecule has 10 heteroatoms. The first kappa shape index (κ1) is 28.2. The molecule has 0 spiro atoms. The quantitative estimate of drug-likeness (QED) is 0.290. The van der Waals surface area contributed by atoms with Gasteiger partial charge in [-0.15, -0.1) is 0 Å². The van der Waals surface area contributed by atoms with Crippen molar-refractivity contribution in [2.24, 2.45) is 17.6 Å². The summed E-state index contributed by atoms with van der Waals surface area (Å²) in [4.78, 5) is 41.0. The number of ether oxygens (including phenoxy) is 1. The molecule has 0 bridgehead atoms. The summed E-state index contributed by atoms with van der Waals surface area (Å²) in [7, 11) is 3.94. The van der Waals surface area contributed by atoms with Crippen LogP contribution in [0, 0.1) is 11.8 Å². The summed E-state index contributed by atoms with van der Waals surface area (Å²) >= 11 is 1.51. The van der Waals surface area contributed by atoms with Gasteiger partial charge < -0.3 is 25.6 Å². The maximum absolute atomic E-state index is 14.2. The minimum atomic E-state index is -2.00. The highest BCUT2D eigenvalue weighted by molar-refractivity contribution is 14.1. The smallest absolute Gasteiger partial charge is 0.255 e. The zero-order chi connectivity index (χ0) is 28.9. The van der Waals surface area contributed by atoms with Crippen LogP contribution in [0.25, 0.3) is 16.9 Å². The van der Waals surface area contributed by atoms with Crippen LogP contribution in [0.5, 0.6) is 5.75 Å². The van der Waals surface area contributed by atoms with Crippen LogP contribution in [0.15, 0.2) is 53.3 Å². The van der Waals surface area contributed by atoms with Crippen LogP contribution in [0.1, 0.15) is 37.3 Å². The van der Waals surface area contributed by atoms with Gasteiger partial charge in [0.2, 0.25) is 11.4 Å². The van der Waals surface area contributed by atoms with E-state index in [1.807, 2.05) is 56.3 Å². The van der Waals surface area contributed by atoms with Crippen LogP contribution in [-0.2, 0) is 23.9 Å². The van der Waals surface area contributed by atoms with E-state index < -0.39 is 46.2 Å². The topological polar surface area (TPSA) is 139 Å². The SMILES string of the molecule is CCCOc1ccc(-c2ccc(N(C)C)cc2)c2c1C(O)=C1C(=O)[C@]3(OI)C(O)=C(C(N)=O)C(=O)C[C@@H]3C[C@@H]1C2. The highest BCUT2D eigenvalue weighted by Gasteiger charge is 2.62. The van der Waals surface area contributed by atoms with E-state index in [0.29, 0.717) is 24.3 Å². The summed E-state index contributed by atoms with van der Waals surface area (Å²) in [5.41, 5.74) is 7.01. The molecular weight excluding hydrogens is 627 g/mol. The third-order valence-corrected chi connectivity index (χ3v) is 8.87. The number of ketones is 2. The van der Waals surface area contributed by atoms with E-state index in [4.69, 9.17) is 13.5 Å². The van der Waals surface area contributed by atoms with Crippen LogP contribution in [0.3, 0.4) is 0 Å². The largest absolute Gasteiger partial charge is 0.508 e. The van der Waals surface area contributed by atoms with E-state index in [1.165, 1.54) is 23.0 Å². The average molecular weight is 658 g/mol. The van der Waals surface area contributed by atoms with Gasteiger partial charge in [-0.2, -0.15) is 0 Å². The predicted octanol–water partition coefficient (Wildman–Crippen LogP) is 4.61. The molecular formula is C30H31IN2O7. The lowest BCUT2D eigenvalue weighted by molar-refractivity contribution is -0.140. The van der Waals surface area contributed by atoms with Gasteiger partial charge >= 0.3 is 0 Å². The molecule has 2 aromatic rings. The van der Waals surface area contributed by atoms with Crippen molar-refractivity contribution < 1.29 is 32.4 Å². The Bertz CT molecular complexity index is 1480. The lowest BCUT2D eigenvalue weighted by Gasteiger charge is -2.47. The molecule has 4 N–H and O–H groups in total. The molecule has 1 fully saturated rings. The van der Waals surface area contributed by atoms with Crippen LogP contribution in [0.2, 0.25) is 0 Å². The molecule has 3 atom stereocenters. The number of fused-ring (bicyclic) bond motifs is 3. The molecule has 1 amide bonds. The number of hydrogen-bond donors (Lipinski definition) is 3. The van der Waals surface area contributed by atoms with Crippen LogP contribution in [-0.4, -0.2) is 54.0 Å². The number of amides is 1. The van der Waals surface area contributed by atoms with Gasteiger partial charge in [-0.3, -0.25) is 17.4 Å². The molecule has 0 heterocycles. The third-order valence-electron chi connectivity index (χ3n) is 8.17. The number of rotatable bonds is 7. The molecule has 40 heavy (non-hydrogen) atoms. The fraction of sp³-hybridized carbons (Fsp3) is 0.367. The average Bonchev–Trinajstić information content (AvgIpc) is 2.91. The van der Waals surface area contributed by atoms with Crippen molar-refractivity contribution in [1.29, 1.82) is 0 Å². The standard InChI is InChI=1S/C30H31IN2O7/c1-4-11-39-22-10-9-19(15-5-7-18(8-6-15)33(2)3)20-13-16-12-17-14-21(34)25(29(32)38)28(37)30(17,40-31)27(36)23(16)26(35)24(20)22/h5-10,16-17,35,37H,4,11-14H2,1-3H3,(H2,32,38)/t16-,17+,30+/m1/s1. The lowest BCUT2D eigenvalue weighted by Crippen LogP contribution is -2.58. The van der Waals surface area contributed by atoms with Crippen LogP contribution >= 0.6 is 23.0 Å². The van der Waals surface area contributed by atoms with E-state index in [0.717, 1.165) is 28.8 Å². The van der Waals surface area contributed by atoms with Crippen molar-refractivity contribution in [3.05, 3.63) is 64.4 Å². The highest BCUT2D eigenvalue weighted by Crippen LogP contribution is 2.55. The number of anilines is 1. The number of nitrogens with two attached hydrogens (primary N) is 1. The Labute approximate surface area is 246 Å². The summed E-state index contributed by atoms with van der Waals surface area (Å²) in [5, 5.41) is 22.9. The van der Waals surface area contributed by atoms with Crippen LogP contribution < -0.4 is 15.4 Å². The summed E-state index contributed by atoms with van der Waals surface area (Å²) in [6.07, 6.45) is 1.24. The van der Waals surface area contributed by atoms with Gasteiger partial charge in [0.1, 0.15) is 45.8 Å². The van der Waals surface area contributed by atoms with Crippen molar-refractivity contribution >= 4 is 51.9 Å². The summed E-state index contributed by atoms with van der Waals surface area (Å²) in [5.74, 6) is -4.21. The van der Waals surface area contributed by atoms with Crippen molar-refractivity contribution in [3.63, 3.8) is 0 Å². The molecule has 0 saturated heterocycles. The second kappa shape index (κ2) is 10.5. The number of hydrogen-bond acceptors (Lipinski definition) is 8. The molecule has 5 rings (SSSR count). The molecule has 0 aliphatic heterocycles. The van der Waals surface area contributed by atoms with E-state index in [-0.39, 0.29) is 24.2 Å². The Balaban J connectivity index is 1.71. The van der Waals surface area contributed by atoms with E-state index >= 15 is 0 Å². The van der Waals surface area contributed by atoms with E-state index in [9.17, 15) is 24.6 Å². The van der Waals surface area contributed by atoms with E-state index in [2.05, 4.69) is 0 Å². The van der Waals surface area contributed by atoms with Crippen molar-refractivity contribution in [1.82, 2.24) is 0 Å². The first-order valence-corrected chi connectivity index (χ1v) is 14.1. The normalized spacial score (nSPS) is 23.9. The van der Waals surface area contributed by atoms with Gasteiger partial charge in [-0.1, -0.05) is 25.1 Å². The van der Waals surface area contributed by atoms with Gasteiger partial charge in [0, 0.05) is 37.7 Å². The lowest BCUT2D eigenvalue weighted by atomic mass is 9.59. The number of halogens is 1. The molecule has 0 radical (unpaired) electrons. The zero-order valence-electron chi connectivity index (χ0n) is 22.5. The summed E-state index contributed by atoms with van der Waals surface area (Å²) < 4.78 is 11.6. The number of primary amides is 1. The number of aliphatic hydroxyl groups excluding tert-OH is 2. The number of carbonyl (C=O) groups excluding carboxylic acids is 3. The molecule has 0 aromatic heterocycles. The fourth-order valence-corrected chi connectivity index (χ4v) is 7.03. The van der Waals surface area contributed by atoms with Crippen LogP contribution in [0.4, 0.5) is 5.69 Å². The Morgan fingerprint density at radius 2 is 1.82 bits per heavy atom. The third kappa shape index (κ3) is 4.19. The number of benzene rings is 2. The highest BCUT2D eigenvalue weighted by atomic mass is 127. The van der Waals surface area contributed by atoms with Crippen molar-refractivity contribution in [2.45, 2.75) is 38.2 Å². The van der Waals surface area contributed by atoms with Gasteiger partial charge in [0.25, 0.3) is 5.91 Å². The maximum atomic E-state index is 14.2. The van der Waals surface area contributed by atoms with Gasteiger partial charge in [0.15, 0.2) is 5.78 Å². The van der Waals surface area contributed by atoms with Gasteiger partial charge in [-0.25, -0.2) is 0 Å². The molecule has 1 saturated carbocycles. The number of aliphatic hydroxyl groups is 2. The number of carbonyl (C=O) groups is 3. The predicted molar refractivity (Wildman–Crippen MR) is 158 cm³/mol. The Hall–Kier alpha value is -3.38. The van der Waals surface area contributed by atoms with Gasteiger partial charge in [-0.05, 0) is 60.1 Å². The second-order valence-corrected chi connectivity index (χ2v) is 11.1. The number of Topliss-reactive ketones (excluding diaryl/α,β-unsaturated/α-hetero) is 2. The maximum Gasteiger partial charge on any atom is 0.255 e. The fourth-order valence-electron chi connectivity index (χ4n) is 6.27. The van der Waals surface area contributed by atoms with Crippen molar-refractivity contribution in [2.75, 3.05) is 25.6 Å². The second-order valence-electron chi connectivity index (χ2n) is 10.7. The number of nitrogens with zero attached hydrogens (tertiary/aromatic N) is 1. The van der Waals surface area contributed by atoms with E-state index in [1.54, 1.807) is 6.07 Å². The first-order chi connectivity index (χ1) is 19.1. The van der Waals surface area contributed by atoms with Gasteiger partial charge in [0.05, 0.1) is 12.2 Å². The monoisotopic (exact) mass is 658 g/mol. The zero-order valence-corrected chi connectivity index (χ0v) is 24.7. The Morgan fingerprint density at radius 3 is 2.42 bits per heavy atom. The Morgan fingerprint density at radius 1 is 1.12 bits per heavy atom. The molecule has 3 aliphatic carbocycles. The summed E-state index contributed by atoms with van der Waals surface area (Å²) in [6, 6.07) is 11.8. The molecule has 0 unspecified atom stereocenters. The molecule has 3 aliphatic rings. The molecule has 210 valence electrons. The molecule has 2 aromatic carbocycles. The minimum Gasteiger partial charge on any atom is -0.508 e. The Kier molecular flexibility index (Phi) is 7.43.